The average molecular weight is 438 g/mol. The fourth-order valence-electron chi connectivity index (χ4n) is 5.16. The van der Waals surface area contributed by atoms with E-state index in [2.05, 4.69) is 85.1 Å². The van der Waals surface area contributed by atoms with Gasteiger partial charge >= 0.3 is 0 Å². The predicted molar refractivity (Wildman–Crippen MR) is 135 cm³/mol. The minimum absolute atomic E-state index is 0.118. The number of aryl methyl sites for hydroxylation is 2. The zero-order valence-electron chi connectivity index (χ0n) is 19.6. The summed E-state index contributed by atoms with van der Waals surface area (Å²) in [5, 5.41) is 3.46. The van der Waals surface area contributed by atoms with Crippen LogP contribution in [-0.2, 0) is 6.42 Å². The van der Waals surface area contributed by atoms with Crippen molar-refractivity contribution >= 4 is 11.4 Å². The summed E-state index contributed by atoms with van der Waals surface area (Å²) in [7, 11) is 0. The number of benzene rings is 2. The van der Waals surface area contributed by atoms with Crippen LogP contribution in [0.4, 0.5) is 0 Å². The number of pyridine rings is 1. The molecule has 2 aromatic heterocycles. The highest BCUT2D eigenvalue weighted by Crippen LogP contribution is 2.36. The number of carbonyl (C=O) groups excluding carboxylic acids is 1. The Morgan fingerprint density at radius 1 is 0.939 bits per heavy atom. The predicted octanol–water partition coefficient (Wildman–Crippen LogP) is 5.25. The van der Waals surface area contributed by atoms with Gasteiger partial charge in [-0.15, -0.1) is 0 Å². The van der Waals surface area contributed by atoms with E-state index in [1.807, 2.05) is 23.2 Å². The fourth-order valence-corrected chi connectivity index (χ4v) is 5.16. The second kappa shape index (κ2) is 8.87. The van der Waals surface area contributed by atoms with Crippen molar-refractivity contribution in [1.82, 2.24) is 14.6 Å². The number of nitrogens with zero attached hydrogens (tertiary/aromatic N) is 2. The molecule has 1 N–H and O–H groups in total. The maximum Gasteiger partial charge on any atom is 0.271 e. The van der Waals surface area contributed by atoms with E-state index in [1.165, 1.54) is 16.7 Å². The van der Waals surface area contributed by atoms with Crippen LogP contribution in [0.1, 0.15) is 39.7 Å². The largest absolute Gasteiger partial charge is 0.335 e. The second-order valence-corrected chi connectivity index (χ2v) is 9.18. The molecule has 168 valence electrons. The summed E-state index contributed by atoms with van der Waals surface area (Å²) in [6.07, 6.45) is 2.77. The third-order valence-electron chi connectivity index (χ3n) is 6.86. The summed E-state index contributed by atoms with van der Waals surface area (Å²) in [6.45, 7) is 8.76. The molecule has 1 fully saturated rings. The van der Waals surface area contributed by atoms with E-state index < -0.39 is 0 Å². The molecule has 0 radical (unpaired) electrons. The smallest absolute Gasteiger partial charge is 0.271 e. The molecule has 1 saturated heterocycles. The second-order valence-electron chi connectivity index (χ2n) is 9.18. The van der Waals surface area contributed by atoms with Crippen molar-refractivity contribution in [3.05, 3.63) is 101 Å². The van der Waals surface area contributed by atoms with Gasteiger partial charge in [0.05, 0.1) is 5.52 Å². The van der Waals surface area contributed by atoms with Gasteiger partial charge in [0, 0.05) is 43.9 Å². The number of fused-ring (bicyclic) bond motifs is 1. The summed E-state index contributed by atoms with van der Waals surface area (Å²) >= 11 is 0. The number of carbonyl (C=O) groups is 1. The Morgan fingerprint density at radius 3 is 2.39 bits per heavy atom. The molecule has 1 atom stereocenters. The van der Waals surface area contributed by atoms with Crippen molar-refractivity contribution in [2.45, 2.75) is 33.2 Å². The molecule has 2 aromatic carbocycles. The third kappa shape index (κ3) is 3.96. The number of piperazine rings is 1. The molecule has 4 aromatic rings. The van der Waals surface area contributed by atoms with Crippen LogP contribution < -0.4 is 5.32 Å². The van der Waals surface area contributed by atoms with E-state index in [0.29, 0.717) is 6.04 Å². The molecular weight excluding hydrogens is 406 g/mol. The Morgan fingerprint density at radius 2 is 1.67 bits per heavy atom. The topological polar surface area (TPSA) is 36.8 Å². The van der Waals surface area contributed by atoms with Gasteiger partial charge in [-0.3, -0.25) is 4.79 Å². The maximum absolute atomic E-state index is 14.1. The zero-order valence-corrected chi connectivity index (χ0v) is 19.6. The Bertz CT molecular complexity index is 1290. The molecule has 0 saturated carbocycles. The molecule has 4 nitrogen and oxygen atoms in total. The maximum atomic E-state index is 14.1. The fraction of sp³-hybridized carbons (Fsp3) is 0.276. The van der Waals surface area contributed by atoms with Crippen molar-refractivity contribution in [3.63, 3.8) is 0 Å². The number of rotatable bonds is 4. The summed E-state index contributed by atoms with van der Waals surface area (Å²) in [4.78, 5) is 16.1. The van der Waals surface area contributed by atoms with E-state index in [0.717, 1.165) is 54.0 Å². The first-order valence-corrected chi connectivity index (χ1v) is 11.8. The lowest BCUT2D eigenvalue weighted by molar-refractivity contribution is 0.0701. The number of hydrogen-bond donors (Lipinski definition) is 1. The van der Waals surface area contributed by atoms with E-state index >= 15 is 0 Å². The van der Waals surface area contributed by atoms with Crippen LogP contribution in [0, 0.1) is 13.8 Å². The van der Waals surface area contributed by atoms with Crippen molar-refractivity contribution in [2.75, 3.05) is 19.6 Å². The summed E-state index contributed by atoms with van der Waals surface area (Å²) in [6, 6.07) is 23.4. The van der Waals surface area contributed by atoms with Crippen LogP contribution >= 0.6 is 0 Å². The average Bonchev–Trinajstić information content (AvgIpc) is 3.15. The van der Waals surface area contributed by atoms with Gasteiger partial charge in [-0.2, -0.15) is 0 Å². The first-order chi connectivity index (χ1) is 16.0. The van der Waals surface area contributed by atoms with Crippen molar-refractivity contribution in [1.29, 1.82) is 0 Å². The Balaban J connectivity index is 1.76. The minimum Gasteiger partial charge on any atom is -0.335 e. The summed E-state index contributed by atoms with van der Waals surface area (Å²) < 4.78 is 2.11. The van der Waals surface area contributed by atoms with Crippen LogP contribution in [0.2, 0.25) is 0 Å². The first kappa shape index (κ1) is 21.5. The number of aromatic nitrogens is 1. The van der Waals surface area contributed by atoms with Crippen LogP contribution in [0.5, 0.6) is 0 Å². The lowest BCUT2D eigenvalue weighted by atomic mass is 9.91. The number of amides is 1. The highest BCUT2D eigenvalue weighted by molar-refractivity contribution is 6.01. The molecule has 33 heavy (non-hydrogen) atoms. The standard InChI is InChI=1S/C29H31N3O/c1-20-10-9-11-21(2)24(20)18-25-27(23-12-5-4-6-13-23)26-14-7-8-16-32(26)28(25)29(33)31-17-15-30-22(3)19-31/h4-14,16,22,30H,15,17-19H2,1-3H3/t22-/m1/s1. The van der Waals surface area contributed by atoms with Gasteiger partial charge in [0.1, 0.15) is 5.69 Å². The third-order valence-corrected chi connectivity index (χ3v) is 6.86. The molecule has 3 heterocycles. The van der Waals surface area contributed by atoms with E-state index in [9.17, 15) is 4.79 Å². The molecule has 0 spiro atoms. The Kier molecular flexibility index (Phi) is 5.77. The Hall–Kier alpha value is -3.37. The van der Waals surface area contributed by atoms with E-state index in [-0.39, 0.29) is 5.91 Å². The lowest BCUT2D eigenvalue weighted by Gasteiger charge is -2.32. The normalized spacial score (nSPS) is 16.3. The van der Waals surface area contributed by atoms with Gasteiger partial charge < -0.3 is 14.6 Å². The molecule has 1 aliphatic rings. The van der Waals surface area contributed by atoms with Crippen molar-refractivity contribution < 1.29 is 4.79 Å². The number of nitrogens with one attached hydrogen (secondary N) is 1. The van der Waals surface area contributed by atoms with Crippen LogP contribution in [0.3, 0.4) is 0 Å². The van der Waals surface area contributed by atoms with Gasteiger partial charge in [-0.1, -0.05) is 54.6 Å². The molecular formula is C29H31N3O. The van der Waals surface area contributed by atoms with Gasteiger partial charge in [0.15, 0.2) is 0 Å². The molecule has 5 rings (SSSR count). The summed E-state index contributed by atoms with van der Waals surface area (Å²) in [5.74, 6) is 0.118. The molecule has 1 aliphatic heterocycles. The highest BCUT2D eigenvalue weighted by atomic mass is 16.2. The first-order valence-electron chi connectivity index (χ1n) is 11.8. The number of hydrogen-bond acceptors (Lipinski definition) is 2. The summed E-state index contributed by atoms with van der Waals surface area (Å²) in [5.41, 5.74) is 9.12. The minimum atomic E-state index is 0.118. The lowest BCUT2D eigenvalue weighted by Crippen LogP contribution is -2.51. The quantitative estimate of drug-likeness (QED) is 0.474. The molecule has 0 unspecified atom stereocenters. The van der Waals surface area contributed by atoms with Crippen molar-refractivity contribution in [3.8, 4) is 11.1 Å². The van der Waals surface area contributed by atoms with Gasteiger partial charge in [-0.25, -0.2) is 0 Å². The van der Waals surface area contributed by atoms with Crippen molar-refractivity contribution in [2.24, 2.45) is 0 Å². The highest BCUT2D eigenvalue weighted by Gasteiger charge is 2.29. The van der Waals surface area contributed by atoms with E-state index in [1.54, 1.807) is 0 Å². The van der Waals surface area contributed by atoms with Crippen LogP contribution in [-0.4, -0.2) is 40.9 Å². The molecule has 4 heteroatoms. The Labute approximate surface area is 195 Å². The van der Waals surface area contributed by atoms with E-state index in [4.69, 9.17) is 0 Å². The molecule has 0 bridgehead atoms. The van der Waals surface area contributed by atoms with Crippen LogP contribution in [0.25, 0.3) is 16.6 Å². The zero-order chi connectivity index (χ0) is 22.9. The molecule has 0 aliphatic carbocycles. The van der Waals surface area contributed by atoms with Gasteiger partial charge in [-0.05, 0) is 60.7 Å². The van der Waals surface area contributed by atoms with Gasteiger partial charge in [0.25, 0.3) is 5.91 Å². The van der Waals surface area contributed by atoms with Crippen LogP contribution in [0.15, 0.2) is 72.9 Å². The SMILES string of the molecule is Cc1cccc(C)c1Cc1c(-c2ccccc2)c2ccccn2c1C(=O)N1CCN[C@H](C)C1. The van der Waals surface area contributed by atoms with Gasteiger partial charge in [0.2, 0.25) is 0 Å². The molecule has 1 amide bonds. The monoisotopic (exact) mass is 437 g/mol.